The molecule has 0 aliphatic carbocycles. The Labute approximate surface area is 126 Å². The molecule has 0 spiro atoms. The molecule has 20 heavy (non-hydrogen) atoms. The molecule has 2 aromatic carbocycles. The van der Waals surface area contributed by atoms with Gasteiger partial charge in [-0.25, -0.2) is 0 Å². The summed E-state index contributed by atoms with van der Waals surface area (Å²) in [5.74, 6) is 0. The lowest BCUT2D eigenvalue weighted by Crippen LogP contribution is -2.37. The average molecular weight is 289 g/mol. The lowest BCUT2D eigenvalue weighted by atomic mass is 9.99. The van der Waals surface area contributed by atoms with Crippen molar-refractivity contribution in [1.82, 2.24) is 4.90 Å². The molecule has 0 heterocycles. The monoisotopic (exact) mass is 288 g/mol. The first-order valence-corrected chi connectivity index (χ1v) is 7.21. The van der Waals surface area contributed by atoms with Crippen molar-refractivity contribution in [2.45, 2.75) is 25.6 Å². The quantitative estimate of drug-likeness (QED) is 0.905. The van der Waals surface area contributed by atoms with Gasteiger partial charge in [-0.3, -0.25) is 4.90 Å². The predicted molar refractivity (Wildman–Crippen MR) is 85.8 cm³/mol. The summed E-state index contributed by atoms with van der Waals surface area (Å²) in [6, 6.07) is 18.5. The highest BCUT2D eigenvalue weighted by Crippen LogP contribution is 2.25. The molecule has 0 bridgehead atoms. The smallest absolute Gasteiger partial charge is 0.0496 e. The van der Waals surface area contributed by atoms with Crippen LogP contribution in [0.5, 0.6) is 0 Å². The van der Waals surface area contributed by atoms with Crippen LogP contribution in [0.25, 0.3) is 0 Å². The maximum absolute atomic E-state index is 6.24. The lowest BCUT2D eigenvalue weighted by molar-refractivity contribution is 0.211. The summed E-state index contributed by atoms with van der Waals surface area (Å²) >= 11 is 6.24. The molecular formula is C17H21ClN2. The van der Waals surface area contributed by atoms with Gasteiger partial charge in [-0.05, 0) is 31.2 Å². The van der Waals surface area contributed by atoms with Gasteiger partial charge in [-0.2, -0.15) is 0 Å². The molecule has 2 unspecified atom stereocenters. The van der Waals surface area contributed by atoms with E-state index in [-0.39, 0.29) is 12.1 Å². The summed E-state index contributed by atoms with van der Waals surface area (Å²) in [6.07, 6.45) is 0. The van der Waals surface area contributed by atoms with E-state index in [0.29, 0.717) is 0 Å². The zero-order valence-electron chi connectivity index (χ0n) is 12.0. The van der Waals surface area contributed by atoms with Gasteiger partial charge in [0, 0.05) is 23.7 Å². The molecule has 0 radical (unpaired) electrons. The minimum atomic E-state index is 0.0462. The topological polar surface area (TPSA) is 29.3 Å². The minimum Gasteiger partial charge on any atom is -0.326 e. The molecule has 2 rings (SSSR count). The molecule has 2 atom stereocenters. The molecule has 0 fully saturated rings. The van der Waals surface area contributed by atoms with E-state index < -0.39 is 0 Å². The van der Waals surface area contributed by atoms with E-state index >= 15 is 0 Å². The second-order valence-corrected chi connectivity index (χ2v) is 5.63. The standard InChI is InChI=1S/C17H21ClN2/c1-13(19)17(14-8-4-3-5-9-14)20(2)12-15-10-6-7-11-16(15)18/h3-11,13,17H,12,19H2,1-2H3. The third-order valence-corrected chi connectivity index (χ3v) is 3.86. The number of rotatable bonds is 5. The van der Waals surface area contributed by atoms with Crippen LogP contribution in [0.4, 0.5) is 0 Å². The van der Waals surface area contributed by atoms with Crippen LogP contribution in [0.3, 0.4) is 0 Å². The third-order valence-electron chi connectivity index (χ3n) is 3.49. The van der Waals surface area contributed by atoms with E-state index in [1.165, 1.54) is 5.56 Å². The van der Waals surface area contributed by atoms with E-state index in [4.69, 9.17) is 17.3 Å². The Balaban J connectivity index is 2.20. The van der Waals surface area contributed by atoms with Crippen LogP contribution in [0.2, 0.25) is 5.02 Å². The highest BCUT2D eigenvalue weighted by Gasteiger charge is 2.21. The summed E-state index contributed by atoms with van der Waals surface area (Å²) in [7, 11) is 2.09. The average Bonchev–Trinajstić information content (AvgIpc) is 2.42. The Kier molecular flexibility index (Phi) is 5.18. The van der Waals surface area contributed by atoms with Crippen LogP contribution in [0.15, 0.2) is 54.6 Å². The van der Waals surface area contributed by atoms with Gasteiger partial charge in [0.1, 0.15) is 0 Å². The van der Waals surface area contributed by atoms with E-state index in [2.05, 4.69) is 30.1 Å². The Hall–Kier alpha value is -1.35. The van der Waals surface area contributed by atoms with Crippen LogP contribution in [0.1, 0.15) is 24.1 Å². The van der Waals surface area contributed by atoms with Crippen molar-refractivity contribution in [3.63, 3.8) is 0 Å². The highest BCUT2D eigenvalue weighted by atomic mass is 35.5. The fourth-order valence-electron chi connectivity index (χ4n) is 2.60. The first-order valence-electron chi connectivity index (χ1n) is 6.83. The molecule has 0 saturated heterocycles. The fraction of sp³-hybridized carbons (Fsp3) is 0.294. The molecule has 3 heteroatoms. The summed E-state index contributed by atoms with van der Waals surface area (Å²) in [4.78, 5) is 2.25. The minimum absolute atomic E-state index is 0.0462. The van der Waals surface area contributed by atoms with Gasteiger partial charge in [0.05, 0.1) is 0 Å². The van der Waals surface area contributed by atoms with E-state index in [9.17, 15) is 0 Å². The molecular weight excluding hydrogens is 268 g/mol. The Bertz CT molecular complexity index is 540. The first kappa shape index (κ1) is 15.0. The number of halogens is 1. The fourth-order valence-corrected chi connectivity index (χ4v) is 2.80. The van der Waals surface area contributed by atoms with Crippen molar-refractivity contribution in [3.8, 4) is 0 Å². The van der Waals surface area contributed by atoms with Crippen molar-refractivity contribution in [1.29, 1.82) is 0 Å². The van der Waals surface area contributed by atoms with Crippen LogP contribution in [-0.4, -0.2) is 18.0 Å². The van der Waals surface area contributed by atoms with Crippen LogP contribution < -0.4 is 5.73 Å². The molecule has 0 aromatic heterocycles. The van der Waals surface area contributed by atoms with Gasteiger partial charge >= 0.3 is 0 Å². The van der Waals surface area contributed by atoms with E-state index in [1.54, 1.807) is 0 Å². The van der Waals surface area contributed by atoms with E-state index in [0.717, 1.165) is 17.1 Å². The highest BCUT2D eigenvalue weighted by molar-refractivity contribution is 6.31. The number of nitrogens with two attached hydrogens (primary N) is 1. The van der Waals surface area contributed by atoms with Crippen molar-refractivity contribution < 1.29 is 0 Å². The molecule has 0 aliphatic rings. The molecule has 0 amide bonds. The maximum atomic E-state index is 6.24. The number of hydrogen-bond acceptors (Lipinski definition) is 2. The number of benzene rings is 2. The second-order valence-electron chi connectivity index (χ2n) is 5.22. The summed E-state index contributed by atoms with van der Waals surface area (Å²) in [5, 5.41) is 0.802. The van der Waals surface area contributed by atoms with Gasteiger partial charge in [0.2, 0.25) is 0 Å². The predicted octanol–water partition coefficient (Wildman–Crippen LogP) is 3.86. The van der Waals surface area contributed by atoms with E-state index in [1.807, 2.05) is 43.3 Å². The molecule has 2 aromatic rings. The van der Waals surface area contributed by atoms with Gasteiger partial charge < -0.3 is 5.73 Å². The second kappa shape index (κ2) is 6.89. The van der Waals surface area contributed by atoms with Crippen molar-refractivity contribution in [2.24, 2.45) is 5.73 Å². The Morgan fingerprint density at radius 1 is 1.05 bits per heavy atom. The number of hydrogen-bond donors (Lipinski definition) is 1. The Morgan fingerprint density at radius 3 is 2.25 bits per heavy atom. The molecule has 0 aliphatic heterocycles. The van der Waals surface area contributed by atoms with Gasteiger partial charge in [0.15, 0.2) is 0 Å². The third kappa shape index (κ3) is 3.60. The van der Waals surface area contributed by atoms with Crippen LogP contribution in [0, 0.1) is 0 Å². The lowest BCUT2D eigenvalue weighted by Gasteiger charge is -2.31. The van der Waals surface area contributed by atoms with Crippen LogP contribution >= 0.6 is 11.6 Å². The van der Waals surface area contributed by atoms with Crippen molar-refractivity contribution in [2.75, 3.05) is 7.05 Å². The molecule has 2 nitrogen and oxygen atoms in total. The van der Waals surface area contributed by atoms with Gasteiger partial charge in [0.25, 0.3) is 0 Å². The number of nitrogens with zero attached hydrogens (tertiary/aromatic N) is 1. The van der Waals surface area contributed by atoms with Crippen molar-refractivity contribution >= 4 is 11.6 Å². The summed E-state index contributed by atoms with van der Waals surface area (Å²) < 4.78 is 0. The largest absolute Gasteiger partial charge is 0.326 e. The van der Waals surface area contributed by atoms with Crippen molar-refractivity contribution in [3.05, 3.63) is 70.7 Å². The van der Waals surface area contributed by atoms with Gasteiger partial charge in [-0.15, -0.1) is 0 Å². The number of likely N-dealkylation sites (N-methyl/N-ethyl adjacent to an activating group) is 1. The molecule has 2 N–H and O–H groups in total. The normalized spacial score (nSPS) is 14.2. The SMILES string of the molecule is CC(N)C(c1ccccc1)N(C)Cc1ccccc1Cl. The molecule has 0 saturated carbocycles. The summed E-state index contributed by atoms with van der Waals surface area (Å²) in [5.41, 5.74) is 8.54. The van der Waals surface area contributed by atoms with Crippen LogP contribution in [-0.2, 0) is 6.54 Å². The molecule has 106 valence electrons. The summed E-state index contributed by atoms with van der Waals surface area (Å²) in [6.45, 7) is 2.82. The van der Waals surface area contributed by atoms with Gasteiger partial charge in [-0.1, -0.05) is 60.1 Å². The Morgan fingerprint density at radius 2 is 1.65 bits per heavy atom. The zero-order valence-corrected chi connectivity index (χ0v) is 12.7. The maximum Gasteiger partial charge on any atom is 0.0496 e. The zero-order chi connectivity index (χ0) is 14.5. The first-order chi connectivity index (χ1) is 9.59.